The molecule has 0 fully saturated rings. The molecule has 0 spiro atoms. The van der Waals surface area contributed by atoms with Gasteiger partial charge in [-0.15, -0.1) is 0 Å². The number of carbonyl (C=O) groups excluding carboxylic acids is 1. The van der Waals surface area contributed by atoms with E-state index in [1.165, 1.54) is 17.5 Å². The maximum absolute atomic E-state index is 12.1. The molecule has 0 radical (unpaired) electrons. The number of rotatable bonds is 2. The van der Waals surface area contributed by atoms with Gasteiger partial charge in [0.2, 0.25) is 0 Å². The topological polar surface area (TPSA) is 67.5 Å². The van der Waals surface area contributed by atoms with Gasteiger partial charge in [-0.1, -0.05) is 30.7 Å². The molecule has 0 aromatic heterocycles. The van der Waals surface area contributed by atoms with E-state index in [0.717, 1.165) is 24.0 Å². The Balaban J connectivity index is 2.35. The monoisotopic (exact) mass is 257 g/mol. The molecule has 1 aromatic rings. The Labute approximate surface area is 113 Å². The molecule has 2 rings (SSSR count). The summed E-state index contributed by atoms with van der Waals surface area (Å²) in [5.74, 6) is 5.09. The van der Waals surface area contributed by atoms with E-state index in [1.807, 2.05) is 6.08 Å². The van der Waals surface area contributed by atoms with Crippen molar-refractivity contribution in [3.05, 3.63) is 40.5 Å². The van der Waals surface area contributed by atoms with Crippen LogP contribution in [0.15, 0.2) is 28.9 Å². The molecular formula is C15H19N3O. The number of carbonyl (C=O) groups is 1. The number of hydrazone groups is 1. The number of nitrogens with zero attached hydrogens (tertiary/aromatic N) is 1. The van der Waals surface area contributed by atoms with Gasteiger partial charge < -0.3 is 11.2 Å². The lowest BCUT2D eigenvalue weighted by molar-refractivity contribution is -0.116. The molecule has 1 unspecified atom stereocenters. The number of nitrogens with two attached hydrogens (primary N) is 1. The van der Waals surface area contributed by atoms with Crippen molar-refractivity contribution in [1.82, 2.24) is 5.32 Å². The normalized spacial score (nSPS) is 18.6. The number of fused-ring (bicyclic) bond motifs is 1. The van der Waals surface area contributed by atoms with E-state index in [2.05, 4.69) is 42.5 Å². The third kappa shape index (κ3) is 3.02. The SMILES string of the molecule is Cc1ccc2c(c1)CCC(C)C(C(=O)NC=NN)=C2. The van der Waals surface area contributed by atoms with Gasteiger partial charge in [0, 0.05) is 5.57 Å². The molecule has 19 heavy (non-hydrogen) atoms. The smallest absolute Gasteiger partial charge is 0.252 e. The second-order valence-electron chi connectivity index (χ2n) is 4.99. The van der Waals surface area contributed by atoms with Crippen molar-refractivity contribution in [3.8, 4) is 0 Å². The lowest BCUT2D eigenvalue weighted by Crippen LogP contribution is -2.26. The van der Waals surface area contributed by atoms with Gasteiger partial charge in [0.25, 0.3) is 5.91 Å². The van der Waals surface area contributed by atoms with Crippen LogP contribution in [-0.2, 0) is 11.2 Å². The summed E-state index contributed by atoms with van der Waals surface area (Å²) in [4.78, 5) is 12.1. The van der Waals surface area contributed by atoms with E-state index >= 15 is 0 Å². The van der Waals surface area contributed by atoms with Gasteiger partial charge >= 0.3 is 0 Å². The van der Waals surface area contributed by atoms with Crippen molar-refractivity contribution >= 4 is 18.3 Å². The molecule has 0 heterocycles. The second-order valence-corrected chi connectivity index (χ2v) is 4.99. The largest absolute Gasteiger partial charge is 0.322 e. The first-order chi connectivity index (χ1) is 9.11. The van der Waals surface area contributed by atoms with Crippen molar-refractivity contribution in [2.45, 2.75) is 26.7 Å². The zero-order valence-corrected chi connectivity index (χ0v) is 11.3. The van der Waals surface area contributed by atoms with Gasteiger partial charge in [0.05, 0.1) is 0 Å². The number of hydrogen-bond donors (Lipinski definition) is 2. The molecule has 3 N–H and O–H groups in total. The van der Waals surface area contributed by atoms with Gasteiger partial charge in [-0.25, -0.2) is 0 Å². The van der Waals surface area contributed by atoms with Crippen LogP contribution in [0.25, 0.3) is 6.08 Å². The predicted octanol–water partition coefficient (Wildman–Crippen LogP) is 1.98. The van der Waals surface area contributed by atoms with E-state index in [9.17, 15) is 4.79 Å². The maximum atomic E-state index is 12.1. The first-order valence-electron chi connectivity index (χ1n) is 6.45. The summed E-state index contributed by atoms with van der Waals surface area (Å²) in [6.07, 6.45) is 5.16. The Morgan fingerprint density at radius 1 is 1.53 bits per heavy atom. The zero-order chi connectivity index (χ0) is 13.8. The van der Waals surface area contributed by atoms with Gasteiger partial charge in [0.15, 0.2) is 0 Å². The fraction of sp³-hybridized carbons (Fsp3) is 0.333. The van der Waals surface area contributed by atoms with Crippen molar-refractivity contribution in [1.29, 1.82) is 0 Å². The molecule has 1 amide bonds. The van der Waals surface area contributed by atoms with Gasteiger partial charge in [-0.2, -0.15) is 5.10 Å². The fourth-order valence-electron chi connectivity index (χ4n) is 2.40. The second kappa shape index (κ2) is 5.69. The highest BCUT2D eigenvalue weighted by Crippen LogP contribution is 2.28. The molecule has 0 saturated heterocycles. The summed E-state index contributed by atoms with van der Waals surface area (Å²) in [6.45, 7) is 4.16. The first-order valence-corrected chi connectivity index (χ1v) is 6.45. The summed E-state index contributed by atoms with van der Waals surface area (Å²) in [5.41, 5.74) is 4.47. The van der Waals surface area contributed by atoms with Gasteiger partial charge in [-0.05, 0) is 42.9 Å². The summed E-state index contributed by atoms with van der Waals surface area (Å²) < 4.78 is 0. The quantitative estimate of drug-likeness (QED) is 0.368. The summed E-state index contributed by atoms with van der Waals surface area (Å²) in [6, 6.07) is 6.34. The first kappa shape index (κ1) is 13.3. The van der Waals surface area contributed by atoms with Gasteiger partial charge in [0.1, 0.15) is 6.34 Å². The van der Waals surface area contributed by atoms with Crippen molar-refractivity contribution < 1.29 is 4.79 Å². The Kier molecular flexibility index (Phi) is 4.00. The standard InChI is InChI=1S/C15H19N3O/c1-10-3-5-13-8-14(15(19)17-9-18-16)11(2)4-6-12(13)7-10/h3,5,7-9,11H,4,6,16H2,1-2H3,(H,17,18,19). The Hall–Kier alpha value is -2.10. The molecule has 4 nitrogen and oxygen atoms in total. The number of amides is 1. The minimum absolute atomic E-state index is 0.130. The molecule has 1 aromatic carbocycles. The highest BCUT2D eigenvalue weighted by atomic mass is 16.1. The average Bonchev–Trinajstić information content (AvgIpc) is 2.56. The molecular weight excluding hydrogens is 238 g/mol. The molecule has 0 aliphatic heterocycles. The van der Waals surface area contributed by atoms with Crippen LogP contribution in [0.5, 0.6) is 0 Å². The van der Waals surface area contributed by atoms with E-state index < -0.39 is 0 Å². The number of benzene rings is 1. The Bertz CT molecular complexity index is 546. The van der Waals surface area contributed by atoms with Crippen molar-refractivity contribution in [3.63, 3.8) is 0 Å². The molecule has 100 valence electrons. The Morgan fingerprint density at radius 3 is 3.05 bits per heavy atom. The highest BCUT2D eigenvalue weighted by Gasteiger charge is 2.20. The molecule has 1 atom stereocenters. The van der Waals surface area contributed by atoms with E-state index in [4.69, 9.17) is 5.84 Å². The maximum Gasteiger partial charge on any atom is 0.252 e. The summed E-state index contributed by atoms with van der Waals surface area (Å²) >= 11 is 0. The van der Waals surface area contributed by atoms with Crippen LogP contribution in [-0.4, -0.2) is 12.2 Å². The Morgan fingerprint density at radius 2 is 2.32 bits per heavy atom. The van der Waals surface area contributed by atoms with Crippen LogP contribution < -0.4 is 11.2 Å². The summed E-state index contributed by atoms with van der Waals surface area (Å²) in [7, 11) is 0. The van der Waals surface area contributed by atoms with Crippen LogP contribution in [0, 0.1) is 12.8 Å². The van der Waals surface area contributed by atoms with E-state index in [0.29, 0.717) is 0 Å². The third-order valence-electron chi connectivity index (χ3n) is 3.52. The van der Waals surface area contributed by atoms with Crippen LogP contribution in [0.1, 0.15) is 30.0 Å². The minimum atomic E-state index is -0.130. The molecule has 0 saturated carbocycles. The van der Waals surface area contributed by atoms with Gasteiger partial charge in [-0.3, -0.25) is 4.79 Å². The number of nitrogens with one attached hydrogen (secondary N) is 1. The molecule has 4 heteroatoms. The number of aryl methyl sites for hydroxylation is 2. The molecule has 1 aliphatic rings. The average molecular weight is 257 g/mol. The zero-order valence-electron chi connectivity index (χ0n) is 11.3. The van der Waals surface area contributed by atoms with Crippen LogP contribution >= 0.6 is 0 Å². The summed E-state index contributed by atoms with van der Waals surface area (Å²) in [5, 5.41) is 5.87. The number of hydrogen-bond acceptors (Lipinski definition) is 3. The van der Waals surface area contributed by atoms with Crippen LogP contribution in [0.3, 0.4) is 0 Å². The van der Waals surface area contributed by atoms with Crippen molar-refractivity contribution in [2.24, 2.45) is 16.9 Å². The highest BCUT2D eigenvalue weighted by molar-refractivity contribution is 6.03. The fourth-order valence-corrected chi connectivity index (χ4v) is 2.40. The third-order valence-corrected chi connectivity index (χ3v) is 3.52. The van der Waals surface area contributed by atoms with E-state index in [1.54, 1.807) is 0 Å². The van der Waals surface area contributed by atoms with Crippen molar-refractivity contribution in [2.75, 3.05) is 0 Å². The molecule has 0 bridgehead atoms. The van der Waals surface area contributed by atoms with E-state index in [-0.39, 0.29) is 11.8 Å². The predicted molar refractivity (Wildman–Crippen MR) is 77.5 cm³/mol. The molecule has 1 aliphatic carbocycles. The van der Waals surface area contributed by atoms with Crippen LogP contribution in [0.2, 0.25) is 0 Å². The van der Waals surface area contributed by atoms with Crippen LogP contribution in [0.4, 0.5) is 0 Å². The lowest BCUT2D eigenvalue weighted by Gasteiger charge is -2.11. The minimum Gasteiger partial charge on any atom is -0.322 e. The lowest BCUT2D eigenvalue weighted by atomic mass is 9.96.